The first-order valence-corrected chi connectivity index (χ1v) is 14.2. The molecule has 0 unspecified atom stereocenters. The minimum atomic E-state index is -4.59. The van der Waals surface area contributed by atoms with Gasteiger partial charge in [0.15, 0.2) is 0 Å². The molecule has 2 rings (SSSR count). The van der Waals surface area contributed by atoms with E-state index in [2.05, 4.69) is 20.8 Å². The standard InChI is InChI=1S/C14H7ClF3NO5.C12H27S/c15-10-5-7(14(16,17)18)1-4-12(10)24-8-2-3-11(19(22)23)9(6-8)13(20)21;1-4-7-10-13(11-8-5-2)12-9-6-3/h1-6H,(H,20,21);4-12H2,1-3H3/q;+1/p-1. The molecule has 0 radical (unpaired) electrons. The monoisotopic (exact) mass is 563 g/mol. The van der Waals surface area contributed by atoms with Crippen LogP contribution in [0.4, 0.5) is 18.9 Å². The van der Waals surface area contributed by atoms with Crippen molar-refractivity contribution in [3.8, 4) is 11.5 Å². The molecule has 0 aliphatic carbocycles. The van der Waals surface area contributed by atoms with Gasteiger partial charge in [0, 0.05) is 6.07 Å². The Labute approximate surface area is 223 Å². The van der Waals surface area contributed by atoms with Crippen LogP contribution in [0, 0.1) is 10.1 Å². The van der Waals surface area contributed by atoms with Crippen molar-refractivity contribution in [2.24, 2.45) is 0 Å². The lowest BCUT2D eigenvalue weighted by Gasteiger charge is -2.12. The van der Waals surface area contributed by atoms with Crippen molar-refractivity contribution in [2.75, 3.05) is 17.3 Å². The number of hydrogen-bond donors (Lipinski definition) is 0. The van der Waals surface area contributed by atoms with E-state index in [-0.39, 0.29) is 16.5 Å². The number of hydrogen-bond acceptors (Lipinski definition) is 5. The largest absolute Gasteiger partial charge is 0.545 e. The summed E-state index contributed by atoms with van der Waals surface area (Å²) in [5.74, 6) is 2.39. The van der Waals surface area contributed by atoms with Crippen molar-refractivity contribution in [3.05, 3.63) is 62.7 Å². The molecule has 0 spiro atoms. The molecule has 6 nitrogen and oxygen atoms in total. The number of unbranched alkanes of at least 4 members (excludes halogenated alkanes) is 3. The molecule has 0 aromatic heterocycles. The second kappa shape index (κ2) is 16.4. The molecule has 0 aliphatic heterocycles. The third-order valence-corrected chi connectivity index (χ3v) is 8.12. The fraction of sp³-hybridized carbons (Fsp3) is 0.500. The number of nitrogens with zero attached hydrogens (tertiary/aromatic N) is 1. The molecule has 206 valence electrons. The number of rotatable bonds is 13. The van der Waals surface area contributed by atoms with Gasteiger partial charge < -0.3 is 14.6 Å². The Morgan fingerprint density at radius 2 is 1.51 bits per heavy atom. The Hall–Kier alpha value is -2.46. The number of aromatic carboxylic acids is 1. The number of carboxylic acid groups (broad SMARTS) is 1. The van der Waals surface area contributed by atoms with E-state index in [0.717, 1.165) is 41.2 Å². The van der Waals surface area contributed by atoms with E-state index in [9.17, 15) is 33.2 Å². The molecule has 0 saturated carbocycles. The maximum Gasteiger partial charge on any atom is 0.416 e. The highest BCUT2D eigenvalue weighted by Crippen LogP contribution is 2.37. The van der Waals surface area contributed by atoms with Gasteiger partial charge in [0.2, 0.25) is 0 Å². The van der Waals surface area contributed by atoms with Crippen molar-refractivity contribution >= 4 is 34.2 Å². The fourth-order valence-electron chi connectivity index (χ4n) is 3.14. The number of nitro groups is 1. The summed E-state index contributed by atoms with van der Waals surface area (Å²) in [5, 5.41) is 21.3. The van der Waals surface area contributed by atoms with E-state index in [1.807, 2.05) is 0 Å². The van der Waals surface area contributed by atoms with E-state index in [0.29, 0.717) is 6.07 Å². The summed E-state index contributed by atoms with van der Waals surface area (Å²) in [7, 11) is 0.776. The maximum atomic E-state index is 12.6. The van der Waals surface area contributed by atoms with Gasteiger partial charge in [-0.1, -0.05) is 51.6 Å². The van der Waals surface area contributed by atoms with E-state index >= 15 is 0 Å². The molecule has 0 fully saturated rings. The topological polar surface area (TPSA) is 92.5 Å². The summed E-state index contributed by atoms with van der Waals surface area (Å²) in [5.41, 5.74) is -2.43. The second-order valence-corrected chi connectivity index (χ2v) is 11.1. The summed E-state index contributed by atoms with van der Waals surface area (Å²) >= 11 is 5.71. The van der Waals surface area contributed by atoms with Crippen LogP contribution >= 0.6 is 11.6 Å². The lowest BCUT2D eigenvalue weighted by molar-refractivity contribution is -0.385. The molecule has 0 atom stereocenters. The lowest BCUT2D eigenvalue weighted by Crippen LogP contribution is -2.23. The number of carbonyl (C=O) groups is 1. The van der Waals surface area contributed by atoms with Gasteiger partial charge >= 0.3 is 6.18 Å². The Bertz CT molecular complexity index is 1000. The van der Waals surface area contributed by atoms with Gasteiger partial charge in [0.05, 0.1) is 27.0 Å². The normalized spacial score (nSPS) is 11.1. The van der Waals surface area contributed by atoms with Crippen LogP contribution in [-0.2, 0) is 17.1 Å². The molecular formula is C26H33ClF3NO5S. The maximum absolute atomic E-state index is 12.6. The van der Waals surface area contributed by atoms with Gasteiger partial charge in [-0.05, 0) is 60.5 Å². The molecule has 0 saturated heterocycles. The smallest absolute Gasteiger partial charge is 0.416 e. The van der Waals surface area contributed by atoms with Crippen LogP contribution in [0.25, 0.3) is 0 Å². The summed E-state index contributed by atoms with van der Waals surface area (Å²) < 4.78 is 42.8. The van der Waals surface area contributed by atoms with Gasteiger partial charge in [-0.15, -0.1) is 0 Å². The van der Waals surface area contributed by atoms with Gasteiger partial charge in [0.25, 0.3) is 5.69 Å². The fourth-order valence-corrected chi connectivity index (χ4v) is 6.06. The molecule has 11 heteroatoms. The minimum absolute atomic E-state index is 0.165. The number of halogens is 4. The zero-order valence-electron chi connectivity index (χ0n) is 21.2. The van der Waals surface area contributed by atoms with Crippen LogP contribution in [0.2, 0.25) is 5.02 Å². The molecule has 0 heterocycles. The second-order valence-electron chi connectivity index (χ2n) is 8.25. The average Bonchev–Trinajstić information content (AvgIpc) is 2.84. The summed E-state index contributed by atoms with van der Waals surface area (Å²) in [6.07, 6.45) is 3.91. The molecular weight excluding hydrogens is 531 g/mol. The van der Waals surface area contributed by atoms with E-state index in [1.165, 1.54) is 55.8 Å². The number of benzene rings is 2. The van der Waals surface area contributed by atoms with E-state index in [4.69, 9.17) is 16.3 Å². The summed E-state index contributed by atoms with van der Waals surface area (Å²) in [6.45, 7) is 6.92. The van der Waals surface area contributed by atoms with Gasteiger partial charge in [-0.25, -0.2) is 0 Å². The van der Waals surface area contributed by atoms with Crippen LogP contribution in [0.3, 0.4) is 0 Å². The highest BCUT2D eigenvalue weighted by atomic mass is 35.5. The average molecular weight is 564 g/mol. The SMILES string of the molecule is CCCC[S+](CCCC)CCCC.O=C([O-])c1cc(Oc2ccc(C(F)(F)F)cc2Cl)ccc1[N+](=O)[O-]. The van der Waals surface area contributed by atoms with Crippen LogP contribution in [0.5, 0.6) is 11.5 Å². The van der Waals surface area contributed by atoms with Crippen molar-refractivity contribution < 1.29 is 32.7 Å². The molecule has 2 aromatic rings. The minimum Gasteiger partial charge on any atom is -0.545 e. The van der Waals surface area contributed by atoms with E-state index in [1.54, 1.807) is 0 Å². The predicted molar refractivity (Wildman–Crippen MR) is 141 cm³/mol. The Kier molecular flexibility index (Phi) is 14.4. The Morgan fingerprint density at radius 1 is 0.973 bits per heavy atom. The van der Waals surface area contributed by atoms with Crippen LogP contribution in [0.1, 0.15) is 75.2 Å². The highest BCUT2D eigenvalue weighted by molar-refractivity contribution is 7.96. The zero-order valence-corrected chi connectivity index (χ0v) is 22.8. The van der Waals surface area contributed by atoms with E-state index < -0.39 is 33.9 Å². The highest BCUT2D eigenvalue weighted by Gasteiger charge is 2.31. The van der Waals surface area contributed by atoms with Crippen LogP contribution < -0.4 is 9.84 Å². The molecule has 0 aliphatic rings. The number of alkyl halides is 3. The zero-order chi connectivity index (χ0) is 28.0. The Morgan fingerprint density at radius 3 is 1.92 bits per heavy atom. The number of carbonyl (C=O) groups excluding carboxylic acids is 1. The van der Waals surface area contributed by atoms with Crippen LogP contribution in [-0.4, -0.2) is 28.2 Å². The third-order valence-electron chi connectivity index (χ3n) is 5.23. The first-order valence-electron chi connectivity index (χ1n) is 12.1. The first-order chi connectivity index (χ1) is 17.4. The number of nitro benzene ring substituents is 1. The lowest BCUT2D eigenvalue weighted by atomic mass is 10.1. The van der Waals surface area contributed by atoms with Gasteiger partial charge in [-0.2, -0.15) is 13.2 Å². The first kappa shape index (κ1) is 32.6. The van der Waals surface area contributed by atoms with Gasteiger partial charge in [-0.3, -0.25) is 10.1 Å². The van der Waals surface area contributed by atoms with Crippen molar-refractivity contribution in [3.63, 3.8) is 0 Å². The molecule has 37 heavy (non-hydrogen) atoms. The molecule has 0 bridgehead atoms. The van der Waals surface area contributed by atoms with Crippen LogP contribution in [0.15, 0.2) is 36.4 Å². The quantitative estimate of drug-likeness (QED) is 0.143. The number of ether oxygens (including phenoxy) is 1. The van der Waals surface area contributed by atoms with Crippen molar-refractivity contribution in [2.45, 2.75) is 65.5 Å². The predicted octanol–water partition coefficient (Wildman–Crippen LogP) is 7.43. The summed E-state index contributed by atoms with van der Waals surface area (Å²) in [4.78, 5) is 20.7. The third kappa shape index (κ3) is 11.6. The number of carboxylic acids is 1. The molecule has 0 amide bonds. The van der Waals surface area contributed by atoms with Crippen molar-refractivity contribution in [1.29, 1.82) is 0 Å². The summed E-state index contributed by atoms with van der Waals surface area (Å²) in [6, 6.07) is 5.10. The Balaban J connectivity index is 0.000000448. The molecule has 0 N–H and O–H groups in total. The van der Waals surface area contributed by atoms with Crippen molar-refractivity contribution in [1.82, 2.24) is 0 Å². The molecule has 2 aromatic carbocycles. The van der Waals surface area contributed by atoms with Gasteiger partial charge in [0.1, 0.15) is 28.8 Å².